The molecule has 0 atom stereocenters. The number of imide groups is 1. The molecule has 1 rings (SSSR count). The smallest absolute Gasteiger partial charge is 0.321 e. The fourth-order valence-electron chi connectivity index (χ4n) is 2.12. The topological polar surface area (TPSA) is 99.3 Å². The lowest BCUT2D eigenvalue weighted by Crippen LogP contribution is -2.49. The average molecular weight is 348 g/mol. The predicted octanol–water partition coefficient (Wildman–Crippen LogP) is 2.77. The van der Waals surface area contributed by atoms with Crippen molar-refractivity contribution in [2.24, 2.45) is 0 Å². The van der Waals surface area contributed by atoms with Crippen LogP contribution in [0.3, 0.4) is 0 Å². The van der Waals surface area contributed by atoms with E-state index in [1.165, 1.54) is 0 Å². The third-order valence-corrected chi connectivity index (χ3v) is 3.27. The van der Waals surface area contributed by atoms with Gasteiger partial charge in [0.1, 0.15) is 0 Å². The summed E-state index contributed by atoms with van der Waals surface area (Å²) in [4.78, 5) is 35.3. The predicted molar refractivity (Wildman–Crippen MR) is 99.6 cm³/mol. The zero-order valence-electron chi connectivity index (χ0n) is 15.6. The summed E-state index contributed by atoms with van der Waals surface area (Å²) >= 11 is 0. The summed E-state index contributed by atoms with van der Waals surface area (Å²) < 4.78 is 0. The highest BCUT2D eigenvalue weighted by molar-refractivity contribution is 5.97. The number of hydrogen-bond acceptors (Lipinski definition) is 4. The highest BCUT2D eigenvalue weighted by atomic mass is 16.2. The van der Waals surface area contributed by atoms with Gasteiger partial charge < -0.3 is 16.0 Å². The first-order chi connectivity index (χ1) is 11.6. The lowest BCUT2D eigenvalue weighted by molar-refractivity contribution is -0.118. The van der Waals surface area contributed by atoms with E-state index >= 15 is 0 Å². The van der Waals surface area contributed by atoms with Gasteiger partial charge in [-0.1, -0.05) is 13.0 Å². The molecule has 7 nitrogen and oxygen atoms in total. The number of benzene rings is 1. The minimum Gasteiger partial charge on any atom is -0.376 e. The maximum Gasteiger partial charge on any atom is 0.321 e. The van der Waals surface area contributed by atoms with Crippen molar-refractivity contribution in [3.05, 3.63) is 23.8 Å². The second-order valence-electron chi connectivity index (χ2n) is 6.88. The molecule has 7 heteroatoms. The van der Waals surface area contributed by atoms with Crippen LogP contribution in [0.1, 0.15) is 46.1 Å². The number of anilines is 2. The van der Waals surface area contributed by atoms with E-state index in [1.54, 1.807) is 6.07 Å². The number of hydrogen-bond donors (Lipinski definition) is 4. The third-order valence-electron chi connectivity index (χ3n) is 3.27. The molecule has 4 N–H and O–H groups in total. The molecule has 25 heavy (non-hydrogen) atoms. The summed E-state index contributed by atoms with van der Waals surface area (Å²) in [6.45, 7) is 9.24. The van der Waals surface area contributed by atoms with Gasteiger partial charge >= 0.3 is 6.03 Å². The first-order valence-corrected chi connectivity index (χ1v) is 8.37. The second kappa shape index (κ2) is 9.05. The Morgan fingerprint density at radius 1 is 1.04 bits per heavy atom. The molecule has 1 aromatic rings. The largest absolute Gasteiger partial charge is 0.376 e. The summed E-state index contributed by atoms with van der Waals surface area (Å²) in [6.07, 6.45) is 1.24. The molecule has 0 bridgehead atoms. The van der Waals surface area contributed by atoms with Gasteiger partial charge in [-0.2, -0.15) is 0 Å². The van der Waals surface area contributed by atoms with Crippen LogP contribution in [0.2, 0.25) is 0 Å². The van der Waals surface area contributed by atoms with E-state index in [9.17, 15) is 14.4 Å². The molecule has 0 spiro atoms. The number of amides is 4. The van der Waals surface area contributed by atoms with Gasteiger partial charge in [0.2, 0.25) is 11.8 Å². The van der Waals surface area contributed by atoms with Gasteiger partial charge in [-0.3, -0.25) is 14.9 Å². The van der Waals surface area contributed by atoms with Gasteiger partial charge in [0.15, 0.2) is 0 Å². The van der Waals surface area contributed by atoms with Crippen LogP contribution in [0.15, 0.2) is 18.2 Å². The number of nitrogens with one attached hydrogen (secondary N) is 4. The quantitative estimate of drug-likeness (QED) is 0.635. The van der Waals surface area contributed by atoms with Crippen LogP contribution in [-0.2, 0) is 9.59 Å². The fraction of sp³-hybridized carbons (Fsp3) is 0.500. The summed E-state index contributed by atoms with van der Waals surface area (Å²) in [5.74, 6) is -0.485. The molecule has 0 saturated carbocycles. The Morgan fingerprint density at radius 3 is 2.28 bits per heavy atom. The van der Waals surface area contributed by atoms with Gasteiger partial charge in [-0.05, 0) is 51.8 Å². The van der Waals surface area contributed by atoms with Crippen LogP contribution in [0, 0.1) is 6.92 Å². The zero-order chi connectivity index (χ0) is 19.0. The molecule has 4 amide bonds. The van der Waals surface area contributed by atoms with E-state index in [4.69, 9.17) is 0 Å². The lowest BCUT2D eigenvalue weighted by atomic mass is 10.1. The van der Waals surface area contributed by atoms with Crippen LogP contribution < -0.4 is 21.3 Å². The van der Waals surface area contributed by atoms with Crippen molar-refractivity contribution in [1.29, 1.82) is 0 Å². The number of rotatable bonds is 6. The van der Waals surface area contributed by atoms with Gasteiger partial charge in [-0.25, -0.2) is 4.79 Å². The van der Waals surface area contributed by atoms with Gasteiger partial charge in [-0.15, -0.1) is 0 Å². The number of carbonyl (C=O) groups excluding carboxylic acids is 3. The SMILES string of the molecule is CCCC(=O)Nc1cccc(NCC(=O)NC(=O)NC(C)(C)C)c1C. The zero-order valence-corrected chi connectivity index (χ0v) is 15.6. The second-order valence-corrected chi connectivity index (χ2v) is 6.88. The molecule has 0 saturated heterocycles. The maximum atomic E-state index is 11.9. The molecule has 0 aliphatic carbocycles. The van der Waals surface area contributed by atoms with Crippen molar-refractivity contribution in [2.45, 2.75) is 53.0 Å². The molecule has 1 aromatic carbocycles. The number of carbonyl (C=O) groups is 3. The average Bonchev–Trinajstić information content (AvgIpc) is 2.46. The van der Waals surface area contributed by atoms with Crippen LogP contribution in [0.5, 0.6) is 0 Å². The summed E-state index contributed by atoms with van der Waals surface area (Å²) in [7, 11) is 0. The summed E-state index contributed by atoms with van der Waals surface area (Å²) in [6, 6.07) is 4.89. The molecule has 0 heterocycles. The van der Waals surface area contributed by atoms with E-state index in [2.05, 4.69) is 21.3 Å². The monoisotopic (exact) mass is 348 g/mol. The van der Waals surface area contributed by atoms with E-state index in [1.807, 2.05) is 46.8 Å². The van der Waals surface area contributed by atoms with Gasteiger partial charge in [0, 0.05) is 23.3 Å². The van der Waals surface area contributed by atoms with E-state index in [-0.39, 0.29) is 12.5 Å². The molecule has 0 fully saturated rings. The summed E-state index contributed by atoms with van der Waals surface area (Å²) in [5.41, 5.74) is 1.84. The van der Waals surface area contributed by atoms with Crippen molar-refractivity contribution in [3.63, 3.8) is 0 Å². The van der Waals surface area contributed by atoms with Crippen LogP contribution in [0.4, 0.5) is 16.2 Å². The van der Waals surface area contributed by atoms with Gasteiger partial charge in [0.05, 0.1) is 6.54 Å². The van der Waals surface area contributed by atoms with E-state index < -0.39 is 17.5 Å². The Kier molecular flexibility index (Phi) is 7.42. The highest BCUT2D eigenvalue weighted by Gasteiger charge is 2.15. The van der Waals surface area contributed by atoms with Crippen molar-refractivity contribution in [3.8, 4) is 0 Å². The molecule has 0 aromatic heterocycles. The van der Waals surface area contributed by atoms with Crippen LogP contribution in [-0.4, -0.2) is 29.9 Å². The summed E-state index contributed by atoms with van der Waals surface area (Å²) in [5, 5.41) is 10.8. The number of urea groups is 1. The molecule has 0 aliphatic heterocycles. The third kappa shape index (κ3) is 7.69. The normalized spacial score (nSPS) is 10.8. The van der Waals surface area contributed by atoms with E-state index in [0.29, 0.717) is 12.1 Å². The van der Waals surface area contributed by atoms with Crippen LogP contribution >= 0.6 is 0 Å². The highest BCUT2D eigenvalue weighted by Crippen LogP contribution is 2.23. The van der Waals surface area contributed by atoms with Crippen molar-refractivity contribution in [2.75, 3.05) is 17.2 Å². The molecule has 0 unspecified atom stereocenters. The molecular formula is C18H28N4O3. The molecule has 0 radical (unpaired) electrons. The van der Waals surface area contributed by atoms with Crippen molar-refractivity contribution >= 4 is 29.2 Å². The Balaban J connectivity index is 2.61. The lowest BCUT2D eigenvalue weighted by Gasteiger charge is -2.20. The Morgan fingerprint density at radius 2 is 1.68 bits per heavy atom. The van der Waals surface area contributed by atoms with Gasteiger partial charge in [0.25, 0.3) is 0 Å². The molecule has 0 aliphatic rings. The van der Waals surface area contributed by atoms with Crippen molar-refractivity contribution < 1.29 is 14.4 Å². The minimum atomic E-state index is -0.531. The Bertz CT molecular complexity index is 636. The van der Waals surface area contributed by atoms with Crippen molar-refractivity contribution in [1.82, 2.24) is 10.6 Å². The standard InChI is InChI=1S/C18H28N4O3/c1-6-8-15(23)20-14-10-7-9-13(12(14)2)19-11-16(24)21-17(25)22-18(3,4)5/h7,9-10,19H,6,8,11H2,1-5H3,(H,20,23)(H2,21,22,24,25). The van der Waals surface area contributed by atoms with E-state index in [0.717, 1.165) is 17.7 Å². The molecule has 138 valence electrons. The molecular weight excluding hydrogens is 320 g/mol. The minimum absolute atomic E-state index is 0.0423. The first kappa shape index (κ1) is 20.5. The maximum absolute atomic E-state index is 11.9. The Hall–Kier alpha value is -2.57. The fourth-order valence-corrected chi connectivity index (χ4v) is 2.12. The Labute approximate surface area is 148 Å². The van der Waals surface area contributed by atoms with Crippen LogP contribution in [0.25, 0.3) is 0 Å². The first-order valence-electron chi connectivity index (χ1n) is 8.37.